The summed E-state index contributed by atoms with van der Waals surface area (Å²) in [4.78, 5) is 28.8. The topological polar surface area (TPSA) is 85.1 Å². The molecule has 1 N–H and O–H groups in total. The molecule has 0 unspecified atom stereocenters. The normalized spacial score (nSPS) is 10.6. The number of benzene rings is 1. The van der Waals surface area contributed by atoms with Gasteiger partial charge in [-0.25, -0.2) is 4.98 Å². The fourth-order valence-electron chi connectivity index (χ4n) is 2.15. The van der Waals surface area contributed by atoms with Crippen molar-refractivity contribution >= 4 is 45.9 Å². The van der Waals surface area contributed by atoms with Crippen LogP contribution in [0.25, 0.3) is 10.6 Å². The van der Waals surface area contributed by atoms with Crippen molar-refractivity contribution in [1.82, 2.24) is 10.3 Å². The molecule has 1 aromatic carbocycles. The average Bonchev–Trinajstić information content (AvgIpc) is 3.21. The van der Waals surface area contributed by atoms with Crippen LogP contribution in [-0.2, 0) is 6.54 Å². The van der Waals surface area contributed by atoms with Gasteiger partial charge in [0.05, 0.1) is 37.6 Å². The molecule has 0 saturated carbocycles. The zero-order valence-corrected chi connectivity index (χ0v) is 15.4. The van der Waals surface area contributed by atoms with Gasteiger partial charge in [0.1, 0.15) is 0 Å². The Balaban J connectivity index is 1.67. The van der Waals surface area contributed by atoms with Crippen LogP contribution in [0, 0.1) is 17.0 Å². The Morgan fingerprint density at radius 1 is 1.36 bits per heavy atom. The number of thiazole rings is 1. The van der Waals surface area contributed by atoms with Gasteiger partial charge in [0.15, 0.2) is 0 Å². The van der Waals surface area contributed by atoms with Gasteiger partial charge in [-0.1, -0.05) is 11.6 Å². The van der Waals surface area contributed by atoms with Crippen molar-refractivity contribution < 1.29 is 9.72 Å². The van der Waals surface area contributed by atoms with Gasteiger partial charge in [0, 0.05) is 22.4 Å². The van der Waals surface area contributed by atoms with E-state index < -0.39 is 4.92 Å². The summed E-state index contributed by atoms with van der Waals surface area (Å²) >= 11 is 9.11. The molecule has 3 rings (SSSR count). The molecule has 0 aliphatic rings. The predicted octanol–water partition coefficient (Wildman–Crippen LogP) is 4.67. The van der Waals surface area contributed by atoms with Crippen LogP contribution in [0.4, 0.5) is 5.69 Å². The Morgan fingerprint density at radius 3 is 2.80 bits per heavy atom. The smallest absolute Gasteiger partial charge is 0.270 e. The molecule has 128 valence electrons. The largest absolute Gasteiger partial charge is 0.347 e. The van der Waals surface area contributed by atoms with Gasteiger partial charge < -0.3 is 5.32 Å². The minimum Gasteiger partial charge on any atom is -0.347 e. The van der Waals surface area contributed by atoms with E-state index in [4.69, 9.17) is 11.6 Å². The third kappa shape index (κ3) is 4.04. The molecule has 0 spiro atoms. The molecule has 2 heterocycles. The summed E-state index contributed by atoms with van der Waals surface area (Å²) in [6.45, 7) is 2.30. The third-order valence-electron chi connectivity index (χ3n) is 3.36. The Kier molecular flexibility index (Phi) is 5.12. The van der Waals surface area contributed by atoms with Crippen LogP contribution in [0.1, 0.15) is 20.2 Å². The lowest BCUT2D eigenvalue weighted by molar-refractivity contribution is -0.384. The van der Waals surface area contributed by atoms with E-state index in [9.17, 15) is 14.9 Å². The van der Waals surface area contributed by atoms with Crippen molar-refractivity contribution in [2.75, 3.05) is 0 Å². The van der Waals surface area contributed by atoms with Gasteiger partial charge in [-0.2, -0.15) is 0 Å². The second-order valence-electron chi connectivity index (χ2n) is 5.12. The highest BCUT2D eigenvalue weighted by molar-refractivity contribution is 7.16. The van der Waals surface area contributed by atoms with Crippen LogP contribution in [0.15, 0.2) is 35.7 Å². The van der Waals surface area contributed by atoms with Gasteiger partial charge in [-0.15, -0.1) is 22.7 Å². The maximum absolute atomic E-state index is 12.2. The van der Waals surface area contributed by atoms with E-state index in [-0.39, 0.29) is 22.2 Å². The standard InChI is InChI=1S/C16H12ClN3O3S2/c1-9-19-14(8-24-9)15-5-3-11(25-15)7-18-16(21)12-4-2-10(20(22)23)6-13(12)17/h2-6,8H,7H2,1H3,(H,18,21). The quantitative estimate of drug-likeness (QED) is 0.504. The first-order valence-electron chi connectivity index (χ1n) is 7.17. The number of hydrogen-bond donors (Lipinski definition) is 1. The third-order valence-corrected chi connectivity index (χ3v) is 5.56. The highest BCUT2D eigenvalue weighted by atomic mass is 35.5. The highest BCUT2D eigenvalue weighted by Gasteiger charge is 2.15. The molecule has 1 amide bonds. The summed E-state index contributed by atoms with van der Waals surface area (Å²) in [7, 11) is 0. The molecule has 9 heteroatoms. The summed E-state index contributed by atoms with van der Waals surface area (Å²) < 4.78 is 0. The van der Waals surface area contributed by atoms with Crippen LogP contribution < -0.4 is 5.32 Å². The van der Waals surface area contributed by atoms with E-state index in [0.29, 0.717) is 6.54 Å². The molecular weight excluding hydrogens is 382 g/mol. The van der Waals surface area contributed by atoms with Crippen molar-refractivity contribution in [2.24, 2.45) is 0 Å². The maximum Gasteiger partial charge on any atom is 0.270 e. The van der Waals surface area contributed by atoms with E-state index in [1.54, 1.807) is 22.7 Å². The molecule has 0 bridgehead atoms. The number of halogens is 1. The summed E-state index contributed by atoms with van der Waals surface area (Å²) in [5.41, 5.74) is 0.991. The van der Waals surface area contributed by atoms with Crippen LogP contribution in [0.2, 0.25) is 5.02 Å². The number of nitro groups is 1. The number of aromatic nitrogens is 1. The number of carbonyl (C=O) groups excluding carboxylic acids is 1. The molecule has 0 saturated heterocycles. The van der Waals surface area contributed by atoms with Crippen molar-refractivity contribution in [1.29, 1.82) is 0 Å². The molecule has 0 atom stereocenters. The molecule has 0 fully saturated rings. The molecule has 0 aliphatic carbocycles. The average molecular weight is 394 g/mol. The van der Waals surface area contributed by atoms with Gasteiger partial charge in [-0.3, -0.25) is 14.9 Å². The number of nitrogens with one attached hydrogen (secondary N) is 1. The van der Waals surface area contributed by atoms with E-state index in [1.165, 1.54) is 18.2 Å². The summed E-state index contributed by atoms with van der Waals surface area (Å²) in [6, 6.07) is 7.69. The summed E-state index contributed by atoms with van der Waals surface area (Å²) in [5, 5.41) is 16.5. The molecule has 0 radical (unpaired) electrons. The minimum absolute atomic E-state index is 0.0523. The van der Waals surface area contributed by atoms with Gasteiger partial charge in [0.2, 0.25) is 0 Å². The van der Waals surface area contributed by atoms with E-state index >= 15 is 0 Å². The molecule has 6 nitrogen and oxygen atoms in total. The predicted molar refractivity (Wildman–Crippen MR) is 99.4 cm³/mol. The van der Waals surface area contributed by atoms with Crippen LogP contribution in [0.5, 0.6) is 0 Å². The molecule has 25 heavy (non-hydrogen) atoms. The van der Waals surface area contributed by atoms with Crippen LogP contribution >= 0.6 is 34.3 Å². The highest BCUT2D eigenvalue weighted by Crippen LogP contribution is 2.29. The number of carbonyl (C=O) groups is 1. The second kappa shape index (κ2) is 7.30. The zero-order valence-electron chi connectivity index (χ0n) is 13.0. The van der Waals surface area contributed by atoms with Crippen molar-refractivity contribution in [3.8, 4) is 10.6 Å². The number of aryl methyl sites for hydroxylation is 1. The summed E-state index contributed by atoms with van der Waals surface area (Å²) in [5.74, 6) is -0.376. The lowest BCUT2D eigenvalue weighted by atomic mass is 10.2. The van der Waals surface area contributed by atoms with E-state index in [0.717, 1.165) is 20.5 Å². The molecule has 2 aromatic heterocycles. The van der Waals surface area contributed by atoms with Crippen molar-refractivity contribution in [3.05, 3.63) is 66.3 Å². The number of rotatable bonds is 5. The number of amides is 1. The lowest BCUT2D eigenvalue weighted by Gasteiger charge is -2.05. The Morgan fingerprint density at radius 2 is 2.16 bits per heavy atom. The Bertz CT molecular complexity index is 952. The fraction of sp³-hybridized carbons (Fsp3) is 0.125. The number of hydrogen-bond acceptors (Lipinski definition) is 6. The lowest BCUT2D eigenvalue weighted by Crippen LogP contribution is -2.22. The second-order valence-corrected chi connectivity index (χ2v) is 7.76. The minimum atomic E-state index is -0.555. The van der Waals surface area contributed by atoms with Crippen molar-refractivity contribution in [3.63, 3.8) is 0 Å². The number of nitro benzene ring substituents is 1. The maximum atomic E-state index is 12.2. The first-order chi connectivity index (χ1) is 11.9. The van der Waals surface area contributed by atoms with E-state index in [2.05, 4.69) is 10.3 Å². The van der Waals surface area contributed by atoms with Gasteiger partial charge in [0.25, 0.3) is 11.6 Å². The first-order valence-corrected chi connectivity index (χ1v) is 9.25. The van der Waals surface area contributed by atoms with Crippen molar-refractivity contribution in [2.45, 2.75) is 13.5 Å². The van der Waals surface area contributed by atoms with Crippen LogP contribution in [-0.4, -0.2) is 15.8 Å². The first kappa shape index (κ1) is 17.5. The zero-order chi connectivity index (χ0) is 18.0. The number of thiophene rings is 1. The van der Waals surface area contributed by atoms with Crippen LogP contribution in [0.3, 0.4) is 0 Å². The monoisotopic (exact) mass is 393 g/mol. The van der Waals surface area contributed by atoms with E-state index in [1.807, 2.05) is 24.4 Å². The number of nitrogens with zero attached hydrogens (tertiary/aromatic N) is 2. The van der Waals surface area contributed by atoms with Gasteiger partial charge in [-0.05, 0) is 25.1 Å². The Labute approximate surface area is 156 Å². The summed E-state index contributed by atoms with van der Waals surface area (Å²) in [6.07, 6.45) is 0. The fourth-order valence-corrected chi connectivity index (χ4v) is 4.01. The molecule has 3 aromatic rings. The Hall–Kier alpha value is -2.29. The number of non-ortho nitro benzene ring substituents is 1. The molecule has 0 aliphatic heterocycles. The molecular formula is C16H12ClN3O3S2. The SMILES string of the molecule is Cc1nc(-c2ccc(CNC(=O)c3ccc([N+](=O)[O-])cc3Cl)s2)cs1. The van der Waals surface area contributed by atoms with Gasteiger partial charge >= 0.3 is 0 Å².